The Morgan fingerprint density at radius 3 is 2.31 bits per heavy atom. The summed E-state index contributed by atoms with van der Waals surface area (Å²) >= 11 is 0. The monoisotopic (exact) mass is 224 g/mol. The lowest BCUT2D eigenvalue weighted by molar-refractivity contribution is 0.425. The largest absolute Gasteiger partial charge is 0.234 e. The number of unbranched alkanes of at least 4 members (excludes halogenated alkanes) is 2. The summed E-state index contributed by atoms with van der Waals surface area (Å²) in [5.74, 6) is 0.474. The molecular weight excluding hydrogens is 204 g/mol. The van der Waals surface area contributed by atoms with Crippen LogP contribution < -0.4 is 0 Å². The molecule has 0 saturated carbocycles. The van der Waals surface area contributed by atoms with Crippen LogP contribution in [0.5, 0.6) is 0 Å². The van der Waals surface area contributed by atoms with Gasteiger partial charge in [-0.2, -0.15) is 0 Å². The zero-order chi connectivity index (χ0) is 12.1. The summed E-state index contributed by atoms with van der Waals surface area (Å²) in [6.07, 6.45) is 9.53. The smallest absolute Gasteiger partial charge is 0.211 e. The van der Waals surface area contributed by atoms with Gasteiger partial charge in [0.05, 0.1) is 13.1 Å². The van der Waals surface area contributed by atoms with Crippen molar-refractivity contribution < 1.29 is 9.59 Å². The van der Waals surface area contributed by atoms with E-state index in [1.165, 1.54) is 12.5 Å². The zero-order valence-corrected chi connectivity index (χ0v) is 9.95. The van der Waals surface area contributed by atoms with E-state index in [0.717, 1.165) is 32.1 Å². The average molecular weight is 224 g/mol. The van der Waals surface area contributed by atoms with E-state index in [-0.39, 0.29) is 0 Å². The molecule has 4 nitrogen and oxygen atoms in total. The van der Waals surface area contributed by atoms with E-state index >= 15 is 0 Å². The van der Waals surface area contributed by atoms with Crippen LogP contribution in [0.3, 0.4) is 0 Å². The van der Waals surface area contributed by atoms with Crippen molar-refractivity contribution in [2.24, 2.45) is 15.9 Å². The second-order valence-electron chi connectivity index (χ2n) is 3.91. The zero-order valence-electron chi connectivity index (χ0n) is 9.95. The van der Waals surface area contributed by atoms with Crippen LogP contribution in [0.1, 0.15) is 45.4 Å². The molecule has 0 fully saturated rings. The van der Waals surface area contributed by atoms with Gasteiger partial charge in [-0.1, -0.05) is 26.2 Å². The van der Waals surface area contributed by atoms with E-state index in [9.17, 15) is 9.59 Å². The van der Waals surface area contributed by atoms with Crippen molar-refractivity contribution in [2.45, 2.75) is 45.4 Å². The van der Waals surface area contributed by atoms with Crippen molar-refractivity contribution in [3.8, 4) is 0 Å². The van der Waals surface area contributed by atoms with Gasteiger partial charge in [0.2, 0.25) is 12.2 Å². The molecule has 0 amide bonds. The van der Waals surface area contributed by atoms with E-state index < -0.39 is 0 Å². The number of carbonyl (C=O) groups excluding carboxylic acids is 2. The lowest BCUT2D eigenvalue weighted by atomic mass is 9.96. The van der Waals surface area contributed by atoms with Crippen molar-refractivity contribution in [3.05, 3.63) is 0 Å². The van der Waals surface area contributed by atoms with E-state index in [0.29, 0.717) is 19.0 Å². The number of hydrogen-bond acceptors (Lipinski definition) is 4. The lowest BCUT2D eigenvalue weighted by Gasteiger charge is -2.12. The minimum atomic E-state index is 0.474. The SMILES string of the molecule is CCCCC(CCCCN=C=O)CN=C=O. The predicted molar refractivity (Wildman–Crippen MR) is 62.8 cm³/mol. The molecule has 0 heterocycles. The van der Waals surface area contributed by atoms with Gasteiger partial charge in [0.25, 0.3) is 0 Å². The van der Waals surface area contributed by atoms with Crippen molar-refractivity contribution >= 4 is 12.2 Å². The molecule has 0 aromatic carbocycles. The number of nitrogens with zero attached hydrogens (tertiary/aromatic N) is 2. The molecule has 0 radical (unpaired) electrons. The van der Waals surface area contributed by atoms with Gasteiger partial charge in [-0.25, -0.2) is 19.6 Å². The second-order valence-corrected chi connectivity index (χ2v) is 3.91. The van der Waals surface area contributed by atoms with Crippen LogP contribution in [0.4, 0.5) is 0 Å². The van der Waals surface area contributed by atoms with Gasteiger partial charge in [0.1, 0.15) is 0 Å². The summed E-state index contributed by atoms with van der Waals surface area (Å²) < 4.78 is 0. The molecule has 1 atom stereocenters. The Bertz CT molecular complexity index is 254. The van der Waals surface area contributed by atoms with Crippen LogP contribution in [0.15, 0.2) is 9.98 Å². The Kier molecular flexibility index (Phi) is 10.9. The first kappa shape index (κ1) is 14.8. The van der Waals surface area contributed by atoms with Crippen molar-refractivity contribution in [1.29, 1.82) is 0 Å². The Balaban J connectivity index is 3.71. The van der Waals surface area contributed by atoms with E-state index in [1.807, 2.05) is 0 Å². The fraction of sp³-hybridized carbons (Fsp3) is 0.833. The highest BCUT2D eigenvalue weighted by molar-refractivity contribution is 5.33. The lowest BCUT2D eigenvalue weighted by Crippen LogP contribution is -2.05. The molecule has 0 aliphatic carbocycles. The molecule has 0 spiro atoms. The second kappa shape index (κ2) is 11.8. The third-order valence-electron chi connectivity index (χ3n) is 2.58. The van der Waals surface area contributed by atoms with Crippen molar-refractivity contribution in [1.82, 2.24) is 0 Å². The van der Waals surface area contributed by atoms with Gasteiger partial charge >= 0.3 is 0 Å². The van der Waals surface area contributed by atoms with Gasteiger partial charge in [-0.05, 0) is 25.2 Å². The number of hydrogen-bond donors (Lipinski definition) is 0. The Morgan fingerprint density at radius 1 is 1.00 bits per heavy atom. The van der Waals surface area contributed by atoms with Gasteiger partial charge in [-0.3, -0.25) is 0 Å². The molecule has 0 saturated heterocycles. The molecule has 0 aromatic heterocycles. The van der Waals surface area contributed by atoms with Crippen LogP contribution in [0.25, 0.3) is 0 Å². The highest BCUT2D eigenvalue weighted by Crippen LogP contribution is 2.16. The average Bonchev–Trinajstić information content (AvgIpc) is 2.31. The van der Waals surface area contributed by atoms with Gasteiger partial charge in [0, 0.05) is 0 Å². The molecule has 0 aromatic rings. The molecule has 90 valence electrons. The maximum Gasteiger partial charge on any atom is 0.234 e. The van der Waals surface area contributed by atoms with E-state index in [1.54, 1.807) is 6.08 Å². The van der Waals surface area contributed by atoms with E-state index in [2.05, 4.69) is 16.9 Å². The number of aliphatic imine (C=N–C) groups is 2. The third kappa shape index (κ3) is 9.32. The maximum absolute atomic E-state index is 10.0. The van der Waals surface area contributed by atoms with Gasteiger partial charge < -0.3 is 0 Å². The first-order valence-electron chi connectivity index (χ1n) is 5.92. The quantitative estimate of drug-likeness (QED) is 0.325. The highest BCUT2D eigenvalue weighted by Gasteiger charge is 2.07. The number of isocyanates is 2. The van der Waals surface area contributed by atoms with Crippen LogP contribution in [-0.4, -0.2) is 25.2 Å². The van der Waals surface area contributed by atoms with Crippen LogP contribution in [-0.2, 0) is 9.59 Å². The Hall–Kier alpha value is -1.24. The van der Waals surface area contributed by atoms with Crippen LogP contribution in [0, 0.1) is 5.92 Å². The summed E-state index contributed by atoms with van der Waals surface area (Å²) in [6, 6.07) is 0. The molecule has 16 heavy (non-hydrogen) atoms. The Labute approximate surface area is 96.9 Å². The standard InChI is InChI=1S/C12H20N2O2/c1-2-3-6-12(9-14-11-16)7-4-5-8-13-10-15/h12H,2-9H2,1H3. The summed E-state index contributed by atoms with van der Waals surface area (Å²) in [5.41, 5.74) is 0. The fourth-order valence-corrected chi connectivity index (χ4v) is 1.66. The van der Waals surface area contributed by atoms with E-state index in [4.69, 9.17) is 0 Å². The third-order valence-corrected chi connectivity index (χ3v) is 2.58. The predicted octanol–water partition coefficient (Wildman–Crippen LogP) is 2.63. The molecule has 0 aliphatic rings. The minimum absolute atomic E-state index is 0.474. The molecule has 0 N–H and O–H groups in total. The molecule has 0 rings (SSSR count). The topological polar surface area (TPSA) is 58.9 Å². The van der Waals surface area contributed by atoms with Crippen molar-refractivity contribution in [3.63, 3.8) is 0 Å². The summed E-state index contributed by atoms with van der Waals surface area (Å²) in [6.45, 7) is 3.29. The van der Waals surface area contributed by atoms with Gasteiger partial charge in [0.15, 0.2) is 0 Å². The molecular formula is C12H20N2O2. The molecule has 4 heteroatoms. The minimum Gasteiger partial charge on any atom is -0.211 e. The molecule has 0 bridgehead atoms. The molecule has 1 unspecified atom stereocenters. The van der Waals surface area contributed by atoms with Crippen LogP contribution >= 0.6 is 0 Å². The summed E-state index contributed by atoms with van der Waals surface area (Å²) in [4.78, 5) is 27.0. The first-order valence-corrected chi connectivity index (χ1v) is 5.92. The fourth-order valence-electron chi connectivity index (χ4n) is 1.66. The normalized spacial score (nSPS) is 11.3. The highest BCUT2D eigenvalue weighted by atomic mass is 16.1. The van der Waals surface area contributed by atoms with Gasteiger partial charge in [-0.15, -0.1) is 0 Å². The number of rotatable bonds is 10. The molecule has 0 aliphatic heterocycles. The summed E-state index contributed by atoms with van der Waals surface area (Å²) in [7, 11) is 0. The van der Waals surface area contributed by atoms with Crippen molar-refractivity contribution in [2.75, 3.05) is 13.1 Å². The Morgan fingerprint density at radius 2 is 1.69 bits per heavy atom. The maximum atomic E-state index is 10.0. The first-order chi connectivity index (χ1) is 7.85. The summed E-state index contributed by atoms with van der Waals surface area (Å²) in [5, 5.41) is 0. The van der Waals surface area contributed by atoms with Crippen LogP contribution in [0.2, 0.25) is 0 Å².